The first-order chi connectivity index (χ1) is 13.0. The molecule has 6 nitrogen and oxygen atoms in total. The number of aromatic nitrogens is 2. The molecule has 2 aromatic rings. The van der Waals surface area contributed by atoms with Crippen molar-refractivity contribution >= 4 is 16.9 Å². The van der Waals surface area contributed by atoms with E-state index in [1.54, 1.807) is 6.20 Å². The Morgan fingerprint density at radius 1 is 1.37 bits per heavy atom. The fourth-order valence-corrected chi connectivity index (χ4v) is 5.99. The molecule has 0 bridgehead atoms. The molecule has 6 heteroatoms. The van der Waals surface area contributed by atoms with Crippen LogP contribution in [0.5, 0.6) is 0 Å². The van der Waals surface area contributed by atoms with Crippen molar-refractivity contribution in [3.05, 3.63) is 30.1 Å². The second-order valence-corrected chi connectivity index (χ2v) is 9.26. The predicted octanol–water partition coefficient (Wildman–Crippen LogP) is 2.38. The van der Waals surface area contributed by atoms with Gasteiger partial charge in [-0.1, -0.05) is 13.8 Å². The molecule has 2 saturated heterocycles. The Morgan fingerprint density at radius 3 is 2.96 bits per heavy atom. The highest BCUT2D eigenvalue weighted by atomic mass is 16.5. The summed E-state index contributed by atoms with van der Waals surface area (Å²) in [5.74, 6) is 0.682. The lowest BCUT2D eigenvalue weighted by atomic mass is 9.48. The fraction of sp³-hybridized carbons (Fsp3) is 0.619. The number of aromatic amines is 1. The zero-order valence-electron chi connectivity index (χ0n) is 16.2. The Balaban J connectivity index is 1.39. The highest BCUT2D eigenvalue weighted by Crippen LogP contribution is 2.63. The van der Waals surface area contributed by atoms with Gasteiger partial charge in [-0.2, -0.15) is 0 Å². The van der Waals surface area contributed by atoms with E-state index in [2.05, 4.69) is 33.6 Å². The summed E-state index contributed by atoms with van der Waals surface area (Å²) < 4.78 is 5.52. The number of nitrogens with one attached hydrogen (secondary N) is 1. The van der Waals surface area contributed by atoms with Gasteiger partial charge in [0.1, 0.15) is 5.52 Å². The Morgan fingerprint density at radius 2 is 2.19 bits per heavy atom. The van der Waals surface area contributed by atoms with Gasteiger partial charge in [0.05, 0.1) is 24.3 Å². The number of pyridine rings is 1. The van der Waals surface area contributed by atoms with E-state index in [0.717, 1.165) is 57.0 Å². The maximum absolute atomic E-state index is 13.3. The Bertz CT molecular complexity index is 870. The van der Waals surface area contributed by atoms with Crippen LogP contribution in [0.15, 0.2) is 24.5 Å². The Kier molecular flexibility index (Phi) is 3.85. The van der Waals surface area contributed by atoms with Gasteiger partial charge in [0.15, 0.2) is 0 Å². The minimum absolute atomic E-state index is 0.117. The second kappa shape index (κ2) is 6.04. The summed E-state index contributed by atoms with van der Waals surface area (Å²) in [6.45, 7) is 11.2. The van der Waals surface area contributed by atoms with Gasteiger partial charge < -0.3 is 14.6 Å². The van der Waals surface area contributed by atoms with E-state index in [9.17, 15) is 4.79 Å². The highest BCUT2D eigenvalue weighted by Gasteiger charge is 2.63. The minimum Gasteiger partial charge on any atom is -0.379 e. The van der Waals surface area contributed by atoms with Gasteiger partial charge in [0.2, 0.25) is 0 Å². The van der Waals surface area contributed by atoms with E-state index >= 15 is 0 Å². The molecular formula is C21H28N4O2. The van der Waals surface area contributed by atoms with Crippen molar-refractivity contribution in [2.75, 3.05) is 45.9 Å². The number of nitrogens with zero attached hydrogens (tertiary/aromatic N) is 3. The first-order valence-corrected chi connectivity index (χ1v) is 10.0. The molecule has 2 aliphatic heterocycles. The Labute approximate surface area is 159 Å². The number of carbonyl (C=O) groups is 1. The van der Waals surface area contributed by atoms with Crippen molar-refractivity contribution in [2.45, 2.75) is 20.3 Å². The summed E-state index contributed by atoms with van der Waals surface area (Å²) in [5, 5.41) is 0. The summed E-state index contributed by atoms with van der Waals surface area (Å²) in [5.41, 5.74) is 2.94. The Hall–Kier alpha value is -1.92. The molecule has 1 aliphatic carbocycles. The van der Waals surface area contributed by atoms with Crippen molar-refractivity contribution in [1.82, 2.24) is 19.8 Å². The van der Waals surface area contributed by atoms with Gasteiger partial charge in [-0.05, 0) is 29.9 Å². The summed E-state index contributed by atoms with van der Waals surface area (Å²) in [6.07, 6.45) is 4.77. The fourth-order valence-electron chi connectivity index (χ4n) is 5.99. The molecule has 0 spiro atoms. The number of carbonyl (C=O) groups excluding carboxylic acids is 1. The van der Waals surface area contributed by atoms with E-state index in [1.807, 2.05) is 18.3 Å². The summed E-state index contributed by atoms with van der Waals surface area (Å²) in [7, 11) is 0. The number of ether oxygens (including phenoxy) is 1. The highest BCUT2D eigenvalue weighted by molar-refractivity contribution is 6.05. The number of fused-ring (bicyclic) bond motifs is 2. The molecule has 2 atom stereocenters. The first kappa shape index (κ1) is 17.2. The van der Waals surface area contributed by atoms with Gasteiger partial charge in [-0.25, -0.2) is 0 Å². The molecule has 1 saturated carbocycles. The van der Waals surface area contributed by atoms with E-state index in [4.69, 9.17) is 4.74 Å². The van der Waals surface area contributed by atoms with Crippen molar-refractivity contribution in [1.29, 1.82) is 0 Å². The molecule has 144 valence electrons. The third kappa shape index (κ3) is 2.69. The molecule has 0 unspecified atom stereocenters. The largest absolute Gasteiger partial charge is 0.379 e. The predicted molar refractivity (Wildman–Crippen MR) is 104 cm³/mol. The van der Waals surface area contributed by atoms with Crippen molar-refractivity contribution < 1.29 is 9.53 Å². The number of hydrogen-bond donors (Lipinski definition) is 1. The van der Waals surface area contributed by atoms with E-state index in [0.29, 0.717) is 16.9 Å². The van der Waals surface area contributed by atoms with Crippen molar-refractivity contribution in [2.24, 2.45) is 16.7 Å². The van der Waals surface area contributed by atoms with Crippen LogP contribution in [0.3, 0.4) is 0 Å². The zero-order chi connectivity index (χ0) is 18.6. The van der Waals surface area contributed by atoms with Crippen LogP contribution < -0.4 is 0 Å². The third-order valence-electron chi connectivity index (χ3n) is 6.99. The zero-order valence-corrected chi connectivity index (χ0v) is 16.2. The van der Waals surface area contributed by atoms with Crippen LogP contribution in [0.1, 0.15) is 30.6 Å². The lowest BCUT2D eigenvalue weighted by molar-refractivity contribution is -0.0966. The molecule has 5 rings (SSSR count). The molecule has 2 aromatic heterocycles. The normalized spacial score (nSPS) is 30.3. The number of H-pyrrole nitrogens is 1. The standard InChI is InChI=1S/C21H28N4O2/c1-20(2)12-21(13-24-6-8-27-9-7-24)14-25(11-17(20)21)19(26)15-10-23-16-4-3-5-22-18(15)16/h3-5,10,17,23H,6-9,11-14H2,1-2H3/t17-,21+/m1/s1. The van der Waals surface area contributed by atoms with Crippen LogP contribution in [0.4, 0.5) is 0 Å². The van der Waals surface area contributed by atoms with E-state index in [-0.39, 0.29) is 11.3 Å². The second-order valence-electron chi connectivity index (χ2n) is 9.26. The summed E-state index contributed by atoms with van der Waals surface area (Å²) in [6, 6.07) is 3.86. The molecular weight excluding hydrogens is 340 g/mol. The van der Waals surface area contributed by atoms with Crippen LogP contribution >= 0.6 is 0 Å². The summed E-state index contributed by atoms with van der Waals surface area (Å²) in [4.78, 5) is 25.5. The van der Waals surface area contributed by atoms with Crippen molar-refractivity contribution in [3.63, 3.8) is 0 Å². The van der Waals surface area contributed by atoms with Gasteiger partial charge in [0.25, 0.3) is 5.91 Å². The van der Waals surface area contributed by atoms with Crippen LogP contribution in [0.2, 0.25) is 0 Å². The van der Waals surface area contributed by atoms with Gasteiger partial charge >= 0.3 is 0 Å². The van der Waals surface area contributed by atoms with Crippen LogP contribution in [0.25, 0.3) is 11.0 Å². The molecule has 4 heterocycles. The molecule has 3 aliphatic rings. The van der Waals surface area contributed by atoms with Crippen LogP contribution in [-0.2, 0) is 4.74 Å². The SMILES string of the molecule is CC1(C)C[C@]2(CN3CCOCC3)CN(C(=O)c3c[nH]c4cccnc34)C[C@H]12. The molecule has 0 radical (unpaired) electrons. The number of rotatable bonds is 3. The number of likely N-dealkylation sites (tertiary alicyclic amines) is 1. The lowest BCUT2D eigenvalue weighted by Crippen LogP contribution is -2.59. The van der Waals surface area contributed by atoms with Crippen LogP contribution in [-0.4, -0.2) is 71.6 Å². The number of morpholine rings is 1. The molecule has 1 amide bonds. The molecule has 3 fully saturated rings. The van der Waals surface area contributed by atoms with Gasteiger partial charge in [0, 0.05) is 50.5 Å². The van der Waals surface area contributed by atoms with Gasteiger partial charge in [-0.15, -0.1) is 0 Å². The van der Waals surface area contributed by atoms with Crippen molar-refractivity contribution in [3.8, 4) is 0 Å². The topological polar surface area (TPSA) is 61.5 Å². The summed E-state index contributed by atoms with van der Waals surface area (Å²) >= 11 is 0. The maximum atomic E-state index is 13.3. The van der Waals surface area contributed by atoms with Crippen LogP contribution in [0, 0.1) is 16.7 Å². The first-order valence-electron chi connectivity index (χ1n) is 10.0. The smallest absolute Gasteiger partial charge is 0.257 e. The number of amides is 1. The molecule has 1 N–H and O–H groups in total. The number of hydrogen-bond acceptors (Lipinski definition) is 4. The minimum atomic E-state index is 0.117. The average molecular weight is 368 g/mol. The monoisotopic (exact) mass is 368 g/mol. The quantitative estimate of drug-likeness (QED) is 0.904. The third-order valence-corrected chi connectivity index (χ3v) is 6.99. The van der Waals surface area contributed by atoms with Gasteiger partial charge in [-0.3, -0.25) is 14.7 Å². The lowest BCUT2D eigenvalue weighted by Gasteiger charge is -2.58. The van der Waals surface area contributed by atoms with E-state index < -0.39 is 0 Å². The molecule has 27 heavy (non-hydrogen) atoms. The molecule has 0 aromatic carbocycles. The maximum Gasteiger partial charge on any atom is 0.257 e. The average Bonchev–Trinajstić information content (AvgIpc) is 3.22. The van der Waals surface area contributed by atoms with E-state index in [1.165, 1.54) is 6.42 Å².